The lowest BCUT2D eigenvalue weighted by molar-refractivity contribution is 0.104. The number of hydrogen-bond donors (Lipinski definition) is 1. The molecule has 0 spiro atoms. The molecule has 0 radical (unpaired) electrons. The molecule has 0 aliphatic rings. The molecule has 0 bridgehead atoms. The lowest BCUT2D eigenvalue weighted by Gasteiger charge is -2.07. The maximum absolute atomic E-state index is 12.4. The fourth-order valence-electron chi connectivity index (χ4n) is 1.80. The van der Waals surface area contributed by atoms with Crippen molar-refractivity contribution in [1.82, 2.24) is 5.32 Å². The van der Waals surface area contributed by atoms with Gasteiger partial charge in [-0.3, -0.25) is 4.79 Å². The smallest absolute Gasteiger partial charge is 0.204 e. The summed E-state index contributed by atoms with van der Waals surface area (Å²) in [6.45, 7) is 0.850. The molecule has 2 rings (SSSR count). The number of likely N-dealkylation sites (N-methyl/N-ethyl adjacent to an activating group) is 1. The summed E-state index contributed by atoms with van der Waals surface area (Å²) >= 11 is 7.41. The first kappa shape index (κ1) is 13.3. The molecule has 94 valence electrons. The van der Waals surface area contributed by atoms with Gasteiger partial charge in [-0.05, 0) is 37.0 Å². The number of ketones is 1. The monoisotopic (exact) mass is 279 g/mol. The third-order valence-corrected chi connectivity index (χ3v) is 4.07. The Morgan fingerprint density at radius 2 is 2.11 bits per heavy atom. The molecule has 1 aromatic carbocycles. The van der Waals surface area contributed by atoms with Crippen LogP contribution in [0.1, 0.15) is 20.8 Å². The molecule has 18 heavy (non-hydrogen) atoms. The Labute approximate surface area is 116 Å². The summed E-state index contributed by atoms with van der Waals surface area (Å²) < 4.78 is 0. The minimum atomic E-state index is 0.0155. The van der Waals surface area contributed by atoms with Crippen LogP contribution in [-0.4, -0.2) is 19.4 Å². The number of carbonyl (C=O) groups excluding carboxylic acids is 1. The van der Waals surface area contributed by atoms with Crippen molar-refractivity contribution in [3.8, 4) is 0 Å². The Kier molecular flexibility index (Phi) is 4.53. The van der Waals surface area contributed by atoms with Crippen LogP contribution in [0.2, 0.25) is 5.02 Å². The molecule has 0 fully saturated rings. The van der Waals surface area contributed by atoms with Crippen molar-refractivity contribution in [1.29, 1.82) is 0 Å². The zero-order valence-corrected chi connectivity index (χ0v) is 11.6. The molecular formula is C14H14ClNOS. The van der Waals surface area contributed by atoms with Crippen LogP contribution in [0.4, 0.5) is 0 Å². The predicted molar refractivity (Wildman–Crippen MR) is 76.8 cm³/mol. The van der Waals surface area contributed by atoms with Crippen molar-refractivity contribution < 1.29 is 4.79 Å². The highest BCUT2D eigenvalue weighted by molar-refractivity contribution is 7.13. The zero-order chi connectivity index (χ0) is 13.0. The minimum Gasteiger partial charge on any atom is -0.319 e. The Morgan fingerprint density at radius 1 is 1.33 bits per heavy atom. The Morgan fingerprint density at radius 3 is 2.78 bits per heavy atom. The summed E-state index contributed by atoms with van der Waals surface area (Å²) in [4.78, 5) is 13.0. The van der Waals surface area contributed by atoms with Crippen molar-refractivity contribution in [3.05, 3.63) is 56.7 Å². The number of rotatable bonds is 5. The van der Waals surface area contributed by atoms with Gasteiger partial charge in [-0.1, -0.05) is 35.9 Å². The molecule has 0 atom stereocenters. The van der Waals surface area contributed by atoms with E-state index in [1.54, 1.807) is 6.07 Å². The summed E-state index contributed by atoms with van der Waals surface area (Å²) in [5.41, 5.74) is 1.80. The van der Waals surface area contributed by atoms with Crippen LogP contribution < -0.4 is 5.32 Å². The Balaban J connectivity index is 2.33. The van der Waals surface area contributed by atoms with Crippen LogP contribution in [0.5, 0.6) is 0 Å². The summed E-state index contributed by atoms with van der Waals surface area (Å²) in [6.07, 6.45) is 0.835. The normalized spacial score (nSPS) is 10.6. The number of nitrogens with one attached hydrogen (secondary N) is 1. The van der Waals surface area contributed by atoms with E-state index >= 15 is 0 Å². The fourth-order valence-corrected chi connectivity index (χ4v) is 2.89. The zero-order valence-electron chi connectivity index (χ0n) is 10.1. The molecule has 0 amide bonds. The van der Waals surface area contributed by atoms with Gasteiger partial charge in [0.15, 0.2) is 0 Å². The van der Waals surface area contributed by atoms with Crippen LogP contribution in [0.15, 0.2) is 35.7 Å². The number of thiophene rings is 1. The van der Waals surface area contributed by atoms with Gasteiger partial charge >= 0.3 is 0 Å². The van der Waals surface area contributed by atoms with E-state index in [-0.39, 0.29) is 5.78 Å². The van der Waals surface area contributed by atoms with Gasteiger partial charge in [0.05, 0.1) is 9.90 Å². The van der Waals surface area contributed by atoms with Crippen molar-refractivity contribution in [2.45, 2.75) is 6.42 Å². The molecule has 0 saturated heterocycles. The summed E-state index contributed by atoms with van der Waals surface area (Å²) in [5, 5.41) is 5.47. The Hall–Kier alpha value is -1.16. The maximum Gasteiger partial charge on any atom is 0.204 e. The average Bonchev–Trinajstić information content (AvgIpc) is 2.82. The second-order valence-corrected chi connectivity index (χ2v) is 5.26. The molecule has 0 aliphatic heterocycles. The maximum atomic E-state index is 12.4. The molecule has 2 aromatic rings. The minimum absolute atomic E-state index is 0.0155. The molecule has 4 heteroatoms. The lowest BCUT2D eigenvalue weighted by Crippen LogP contribution is -2.13. The SMILES string of the molecule is CNCCc1ccccc1C(=O)c1sccc1Cl. The molecule has 1 aromatic heterocycles. The van der Waals surface area contributed by atoms with Crippen LogP contribution in [0.25, 0.3) is 0 Å². The van der Waals surface area contributed by atoms with Crippen molar-refractivity contribution in [3.63, 3.8) is 0 Å². The summed E-state index contributed by atoms with van der Waals surface area (Å²) in [6, 6.07) is 9.46. The highest BCUT2D eigenvalue weighted by Gasteiger charge is 2.16. The molecule has 1 heterocycles. The fraction of sp³-hybridized carbons (Fsp3) is 0.214. The first-order valence-corrected chi connectivity index (χ1v) is 7.00. The standard InChI is InChI=1S/C14H14ClNOS/c1-16-8-6-10-4-2-3-5-11(10)13(17)14-12(15)7-9-18-14/h2-5,7,9,16H,6,8H2,1H3. The van der Waals surface area contributed by atoms with Gasteiger partial charge in [-0.25, -0.2) is 0 Å². The average molecular weight is 280 g/mol. The van der Waals surface area contributed by atoms with E-state index < -0.39 is 0 Å². The number of benzene rings is 1. The van der Waals surface area contributed by atoms with E-state index in [1.807, 2.05) is 36.7 Å². The van der Waals surface area contributed by atoms with E-state index in [4.69, 9.17) is 11.6 Å². The van der Waals surface area contributed by atoms with E-state index in [0.29, 0.717) is 9.90 Å². The summed E-state index contributed by atoms with van der Waals surface area (Å²) in [7, 11) is 1.90. The highest BCUT2D eigenvalue weighted by Crippen LogP contribution is 2.26. The number of carbonyl (C=O) groups is 1. The van der Waals surface area contributed by atoms with Gasteiger partial charge in [0.1, 0.15) is 0 Å². The second kappa shape index (κ2) is 6.14. The van der Waals surface area contributed by atoms with Crippen LogP contribution in [-0.2, 0) is 6.42 Å². The van der Waals surface area contributed by atoms with Gasteiger partial charge < -0.3 is 5.32 Å². The van der Waals surface area contributed by atoms with E-state index in [1.165, 1.54) is 11.3 Å². The number of halogens is 1. The van der Waals surface area contributed by atoms with Gasteiger partial charge in [-0.15, -0.1) is 11.3 Å². The van der Waals surface area contributed by atoms with E-state index in [9.17, 15) is 4.79 Å². The van der Waals surface area contributed by atoms with Gasteiger partial charge in [-0.2, -0.15) is 0 Å². The van der Waals surface area contributed by atoms with Crippen LogP contribution in [0.3, 0.4) is 0 Å². The third-order valence-electron chi connectivity index (χ3n) is 2.73. The Bertz CT molecular complexity index is 550. The molecule has 2 nitrogen and oxygen atoms in total. The number of hydrogen-bond acceptors (Lipinski definition) is 3. The molecule has 0 aliphatic carbocycles. The summed E-state index contributed by atoms with van der Waals surface area (Å²) in [5.74, 6) is 0.0155. The molecule has 1 N–H and O–H groups in total. The van der Waals surface area contributed by atoms with Gasteiger partial charge in [0, 0.05) is 5.56 Å². The highest BCUT2D eigenvalue weighted by atomic mass is 35.5. The van der Waals surface area contributed by atoms with Crippen LogP contribution in [0, 0.1) is 0 Å². The van der Waals surface area contributed by atoms with Crippen molar-refractivity contribution >= 4 is 28.7 Å². The van der Waals surface area contributed by atoms with Crippen LogP contribution >= 0.6 is 22.9 Å². The topological polar surface area (TPSA) is 29.1 Å². The second-order valence-electron chi connectivity index (χ2n) is 3.94. The molecule has 0 unspecified atom stereocenters. The lowest BCUT2D eigenvalue weighted by atomic mass is 10.0. The first-order valence-electron chi connectivity index (χ1n) is 5.74. The predicted octanol–water partition coefficient (Wildman–Crippen LogP) is 3.39. The third kappa shape index (κ3) is 2.80. The molecular weight excluding hydrogens is 266 g/mol. The van der Waals surface area contributed by atoms with Crippen molar-refractivity contribution in [2.24, 2.45) is 0 Å². The quantitative estimate of drug-likeness (QED) is 0.850. The first-order chi connectivity index (χ1) is 8.74. The van der Waals surface area contributed by atoms with Gasteiger partial charge in [0.25, 0.3) is 0 Å². The van der Waals surface area contributed by atoms with E-state index in [0.717, 1.165) is 24.1 Å². The van der Waals surface area contributed by atoms with Crippen molar-refractivity contribution in [2.75, 3.05) is 13.6 Å². The molecule has 0 saturated carbocycles. The van der Waals surface area contributed by atoms with Gasteiger partial charge in [0.2, 0.25) is 5.78 Å². The largest absolute Gasteiger partial charge is 0.319 e. The van der Waals surface area contributed by atoms with E-state index in [2.05, 4.69) is 5.32 Å².